The smallest absolute Gasteiger partial charge is 0.128 e. The number of rotatable bonds is 3. The van der Waals surface area contributed by atoms with E-state index in [2.05, 4.69) is 4.99 Å². The van der Waals surface area contributed by atoms with E-state index in [0.717, 1.165) is 33.6 Å². The fourth-order valence-corrected chi connectivity index (χ4v) is 2.39. The van der Waals surface area contributed by atoms with Crippen molar-refractivity contribution in [1.82, 2.24) is 4.98 Å². The van der Waals surface area contributed by atoms with Gasteiger partial charge >= 0.3 is 0 Å². The molecule has 2 N–H and O–H groups in total. The van der Waals surface area contributed by atoms with Crippen molar-refractivity contribution in [1.29, 1.82) is 0 Å². The molecule has 0 aliphatic carbocycles. The molecular formula is C18H17N3O. The van der Waals surface area contributed by atoms with Gasteiger partial charge in [-0.2, -0.15) is 0 Å². The lowest BCUT2D eigenvalue weighted by molar-refractivity contribution is 0.416. The van der Waals surface area contributed by atoms with Crippen LogP contribution in [0.3, 0.4) is 0 Å². The zero-order chi connectivity index (χ0) is 15.5. The number of fused-ring (bicyclic) bond motifs is 1. The molecule has 0 saturated heterocycles. The van der Waals surface area contributed by atoms with Crippen molar-refractivity contribution < 1.29 is 4.74 Å². The number of aromatic nitrogens is 1. The highest BCUT2D eigenvalue weighted by molar-refractivity contribution is 5.87. The van der Waals surface area contributed by atoms with Gasteiger partial charge in [-0.05, 0) is 43.3 Å². The summed E-state index contributed by atoms with van der Waals surface area (Å²) in [5.74, 6) is 1.35. The number of nitrogens with zero attached hydrogens (tertiary/aromatic N) is 2. The van der Waals surface area contributed by atoms with E-state index in [4.69, 9.17) is 15.5 Å². The van der Waals surface area contributed by atoms with Gasteiger partial charge in [0.05, 0.1) is 29.8 Å². The predicted molar refractivity (Wildman–Crippen MR) is 90.7 cm³/mol. The van der Waals surface area contributed by atoms with Gasteiger partial charge in [0.1, 0.15) is 5.75 Å². The Balaban J connectivity index is 2.09. The third-order valence-corrected chi connectivity index (χ3v) is 3.36. The minimum absolute atomic E-state index is 0.540. The van der Waals surface area contributed by atoms with Crippen LogP contribution in [-0.4, -0.2) is 17.9 Å². The van der Waals surface area contributed by atoms with Crippen LogP contribution in [0.1, 0.15) is 6.92 Å². The van der Waals surface area contributed by atoms with Crippen LogP contribution in [0.5, 0.6) is 5.75 Å². The average molecular weight is 291 g/mol. The molecule has 0 radical (unpaired) electrons. The molecule has 2 aromatic carbocycles. The molecule has 1 aromatic heterocycles. The fraction of sp³-hybridized carbons (Fsp3) is 0.111. The maximum Gasteiger partial charge on any atom is 0.128 e. The largest absolute Gasteiger partial charge is 0.496 e. The predicted octanol–water partition coefficient (Wildman–Crippen LogP) is 3.92. The van der Waals surface area contributed by atoms with Gasteiger partial charge in [-0.1, -0.05) is 18.2 Å². The molecule has 0 atom stereocenters. The van der Waals surface area contributed by atoms with Crippen molar-refractivity contribution in [3.8, 4) is 17.0 Å². The van der Waals surface area contributed by atoms with Gasteiger partial charge in [-0.25, -0.2) is 9.98 Å². The summed E-state index contributed by atoms with van der Waals surface area (Å²) >= 11 is 0. The Morgan fingerprint density at radius 1 is 1.09 bits per heavy atom. The summed E-state index contributed by atoms with van der Waals surface area (Å²) in [6, 6.07) is 17.7. The van der Waals surface area contributed by atoms with Crippen molar-refractivity contribution in [2.45, 2.75) is 6.92 Å². The van der Waals surface area contributed by atoms with E-state index >= 15 is 0 Å². The van der Waals surface area contributed by atoms with Gasteiger partial charge in [0.25, 0.3) is 0 Å². The summed E-state index contributed by atoms with van der Waals surface area (Å²) in [7, 11) is 1.67. The number of ether oxygens (including phenoxy) is 1. The molecule has 4 heteroatoms. The number of methoxy groups -OCH3 is 1. The van der Waals surface area contributed by atoms with Crippen LogP contribution in [0.2, 0.25) is 0 Å². The van der Waals surface area contributed by atoms with Crippen molar-refractivity contribution in [2.75, 3.05) is 7.11 Å². The maximum absolute atomic E-state index is 5.62. The molecule has 1 heterocycles. The van der Waals surface area contributed by atoms with Gasteiger partial charge < -0.3 is 10.5 Å². The summed E-state index contributed by atoms with van der Waals surface area (Å²) in [6.45, 7) is 1.77. The molecule has 0 aliphatic heterocycles. The lowest BCUT2D eigenvalue weighted by Gasteiger charge is -2.08. The SMILES string of the molecule is COc1ccccc1-c1ccc2cc(N=C(C)N)ccc2n1. The van der Waals surface area contributed by atoms with Crippen LogP contribution in [0.4, 0.5) is 5.69 Å². The number of pyridine rings is 1. The molecule has 110 valence electrons. The Bertz CT molecular complexity index is 852. The first-order valence-electron chi connectivity index (χ1n) is 7.02. The molecule has 0 spiro atoms. The van der Waals surface area contributed by atoms with Gasteiger partial charge in [-0.15, -0.1) is 0 Å². The van der Waals surface area contributed by atoms with Gasteiger partial charge in [0, 0.05) is 10.9 Å². The summed E-state index contributed by atoms with van der Waals surface area (Å²) in [4.78, 5) is 8.98. The molecule has 3 rings (SSSR count). The number of benzene rings is 2. The Kier molecular flexibility index (Phi) is 3.74. The van der Waals surface area contributed by atoms with Gasteiger partial charge in [0.2, 0.25) is 0 Å². The summed E-state index contributed by atoms with van der Waals surface area (Å²) in [6.07, 6.45) is 0. The molecule has 3 aromatic rings. The molecule has 4 nitrogen and oxygen atoms in total. The van der Waals surface area contributed by atoms with Crippen molar-refractivity contribution in [2.24, 2.45) is 10.7 Å². The molecule has 0 saturated carbocycles. The van der Waals surface area contributed by atoms with E-state index in [0.29, 0.717) is 5.84 Å². The minimum Gasteiger partial charge on any atom is -0.496 e. The average Bonchev–Trinajstić information content (AvgIpc) is 2.53. The van der Waals surface area contributed by atoms with Crippen LogP contribution in [0.25, 0.3) is 22.2 Å². The van der Waals surface area contributed by atoms with E-state index in [1.807, 2.05) is 54.6 Å². The molecule has 22 heavy (non-hydrogen) atoms. The Hall–Kier alpha value is -2.88. The number of aliphatic imine (C=N–C) groups is 1. The Labute approximate surface area is 129 Å². The van der Waals surface area contributed by atoms with Crippen LogP contribution < -0.4 is 10.5 Å². The second kappa shape index (κ2) is 5.85. The van der Waals surface area contributed by atoms with Crippen LogP contribution in [0, 0.1) is 0 Å². The third kappa shape index (κ3) is 2.76. The Morgan fingerprint density at radius 2 is 1.91 bits per heavy atom. The third-order valence-electron chi connectivity index (χ3n) is 3.36. The lowest BCUT2D eigenvalue weighted by atomic mass is 10.1. The Morgan fingerprint density at radius 3 is 2.68 bits per heavy atom. The molecule has 0 aliphatic rings. The standard InChI is InChI=1S/C18H17N3O/c1-12(19)20-14-8-10-16-13(11-14)7-9-17(21-16)15-5-3-4-6-18(15)22-2/h3-11H,1-2H3,(H2,19,20). The van der Waals surface area contributed by atoms with Crippen LogP contribution >= 0.6 is 0 Å². The first kappa shape index (κ1) is 14.1. The van der Waals surface area contributed by atoms with E-state index in [9.17, 15) is 0 Å². The quantitative estimate of drug-likeness (QED) is 0.587. The van der Waals surface area contributed by atoms with E-state index < -0.39 is 0 Å². The fourth-order valence-electron chi connectivity index (χ4n) is 2.39. The topological polar surface area (TPSA) is 60.5 Å². The number of hydrogen-bond donors (Lipinski definition) is 1. The lowest BCUT2D eigenvalue weighted by Crippen LogP contribution is -2.03. The molecule has 0 fully saturated rings. The maximum atomic E-state index is 5.62. The van der Waals surface area contributed by atoms with Gasteiger partial charge in [-0.3, -0.25) is 0 Å². The first-order valence-corrected chi connectivity index (χ1v) is 7.02. The highest BCUT2D eigenvalue weighted by Crippen LogP contribution is 2.30. The van der Waals surface area contributed by atoms with Crippen molar-refractivity contribution in [3.05, 3.63) is 54.6 Å². The number of amidine groups is 1. The number of para-hydroxylation sites is 1. The summed E-state index contributed by atoms with van der Waals surface area (Å²) < 4.78 is 5.40. The first-order chi connectivity index (χ1) is 10.7. The zero-order valence-corrected chi connectivity index (χ0v) is 12.6. The molecule has 0 amide bonds. The van der Waals surface area contributed by atoms with Crippen molar-refractivity contribution >= 4 is 22.4 Å². The van der Waals surface area contributed by atoms with Crippen molar-refractivity contribution in [3.63, 3.8) is 0 Å². The molecule has 0 unspecified atom stereocenters. The molecular weight excluding hydrogens is 274 g/mol. The highest BCUT2D eigenvalue weighted by atomic mass is 16.5. The molecule has 0 bridgehead atoms. The minimum atomic E-state index is 0.540. The number of hydrogen-bond acceptors (Lipinski definition) is 3. The van der Waals surface area contributed by atoms with E-state index in [1.165, 1.54) is 0 Å². The van der Waals surface area contributed by atoms with Gasteiger partial charge in [0.15, 0.2) is 0 Å². The highest BCUT2D eigenvalue weighted by Gasteiger charge is 2.07. The second-order valence-corrected chi connectivity index (χ2v) is 5.03. The van der Waals surface area contributed by atoms with E-state index in [-0.39, 0.29) is 0 Å². The monoisotopic (exact) mass is 291 g/mol. The second-order valence-electron chi connectivity index (χ2n) is 5.03. The van der Waals surface area contributed by atoms with Crippen LogP contribution in [0.15, 0.2) is 59.6 Å². The summed E-state index contributed by atoms with van der Waals surface area (Å²) in [5, 5.41) is 1.03. The number of nitrogens with two attached hydrogens (primary N) is 1. The van der Waals surface area contributed by atoms with Crippen LogP contribution in [-0.2, 0) is 0 Å². The summed E-state index contributed by atoms with van der Waals surface area (Å²) in [5.41, 5.74) is 9.23. The van der Waals surface area contributed by atoms with E-state index in [1.54, 1.807) is 14.0 Å². The zero-order valence-electron chi connectivity index (χ0n) is 12.6. The normalized spacial score (nSPS) is 11.6.